The zero-order valence-electron chi connectivity index (χ0n) is 12.6. The summed E-state index contributed by atoms with van der Waals surface area (Å²) in [4.78, 5) is 22.5. The van der Waals surface area contributed by atoms with E-state index in [1.165, 1.54) is 24.3 Å². The zero-order valence-corrected chi connectivity index (χ0v) is 13.4. The summed E-state index contributed by atoms with van der Waals surface area (Å²) < 4.78 is 26.9. The SMILES string of the molecule is O=C(O)NCCC(=O)c1cccc(NS(=O)(=O)c2ccccc2)c1. The molecule has 0 aliphatic carbocycles. The lowest BCUT2D eigenvalue weighted by atomic mass is 10.1. The molecule has 0 heterocycles. The number of ketones is 1. The monoisotopic (exact) mass is 348 g/mol. The number of Topliss-reactive ketones (excluding diaryl/α,β-unsaturated/α-hetero) is 1. The summed E-state index contributed by atoms with van der Waals surface area (Å²) in [5, 5.41) is 10.6. The predicted molar refractivity (Wildman–Crippen MR) is 88.7 cm³/mol. The van der Waals surface area contributed by atoms with Crippen molar-refractivity contribution in [2.75, 3.05) is 11.3 Å². The van der Waals surface area contributed by atoms with Gasteiger partial charge in [0.25, 0.3) is 10.0 Å². The van der Waals surface area contributed by atoms with E-state index in [1.54, 1.807) is 30.3 Å². The van der Waals surface area contributed by atoms with Crippen LogP contribution < -0.4 is 10.0 Å². The number of carbonyl (C=O) groups is 2. The fourth-order valence-corrected chi connectivity index (χ4v) is 3.07. The van der Waals surface area contributed by atoms with Crippen molar-refractivity contribution in [3.8, 4) is 0 Å². The number of nitrogens with one attached hydrogen (secondary N) is 2. The first-order chi connectivity index (χ1) is 11.4. The third kappa shape index (κ3) is 4.82. The first-order valence-corrected chi connectivity index (χ1v) is 8.55. The van der Waals surface area contributed by atoms with Crippen LogP contribution in [0.5, 0.6) is 0 Å². The molecule has 0 aromatic heterocycles. The Labute approximate surface area is 139 Å². The lowest BCUT2D eigenvalue weighted by Crippen LogP contribution is -2.23. The Bertz CT molecular complexity index is 835. The van der Waals surface area contributed by atoms with Crippen molar-refractivity contribution < 1.29 is 23.1 Å². The second-order valence-electron chi connectivity index (χ2n) is 4.90. The second kappa shape index (κ2) is 7.60. The molecule has 0 aliphatic rings. The van der Waals surface area contributed by atoms with Crippen LogP contribution in [0.25, 0.3) is 0 Å². The van der Waals surface area contributed by atoms with Gasteiger partial charge in [0, 0.05) is 24.2 Å². The first-order valence-electron chi connectivity index (χ1n) is 7.06. The number of sulfonamides is 1. The molecular formula is C16H16N2O5S. The van der Waals surface area contributed by atoms with E-state index in [0.717, 1.165) is 0 Å². The Balaban J connectivity index is 2.10. The topological polar surface area (TPSA) is 113 Å². The van der Waals surface area contributed by atoms with E-state index in [4.69, 9.17) is 5.11 Å². The van der Waals surface area contributed by atoms with E-state index in [2.05, 4.69) is 10.0 Å². The van der Waals surface area contributed by atoms with E-state index >= 15 is 0 Å². The smallest absolute Gasteiger partial charge is 0.404 e. The maximum atomic E-state index is 12.3. The van der Waals surface area contributed by atoms with E-state index < -0.39 is 16.1 Å². The predicted octanol–water partition coefficient (Wildman–Crippen LogP) is 2.33. The highest BCUT2D eigenvalue weighted by molar-refractivity contribution is 7.92. The molecule has 0 saturated carbocycles. The van der Waals surface area contributed by atoms with Crippen molar-refractivity contribution in [3.63, 3.8) is 0 Å². The van der Waals surface area contributed by atoms with Crippen molar-refractivity contribution in [2.24, 2.45) is 0 Å². The standard InChI is InChI=1S/C16H16N2O5S/c19-15(9-10-17-16(20)21)12-5-4-6-13(11-12)18-24(22,23)14-7-2-1-3-8-14/h1-8,11,17-18H,9-10H2,(H,20,21). The number of amides is 1. The van der Waals surface area contributed by atoms with Crippen molar-refractivity contribution >= 4 is 27.6 Å². The number of anilines is 1. The minimum atomic E-state index is -3.74. The average molecular weight is 348 g/mol. The number of carbonyl (C=O) groups excluding carboxylic acids is 1. The number of carboxylic acid groups (broad SMARTS) is 1. The van der Waals surface area contributed by atoms with Gasteiger partial charge in [0.15, 0.2) is 5.78 Å². The first kappa shape index (κ1) is 17.5. The van der Waals surface area contributed by atoms with Crippen LogP contribution in [0.15, 0.2) is 59.5 Å². The second-order valence-corrected chi connectivity index (χ2v) is 6.59. The molecule has 0 radical (unpaired) electrons. The van der Waals surface area contributed by atoms with Crippen LogP contribution >= 0.6 is 0 Å². The molecule has 1 amide bonds. The van der Waals surface area contributed by atoms with Crippen molar-refractivity contribution in [1.29, 1.82) is 0 Å². The summed E-state index contributed by atoms with van der Waals surface area (Å²) in [6.45, 7) is -0.00582. The molecule has 2 aromatic rings. The minimum absolute atomic E-state index is 0.00582. The normalized spacial score (nSPS) is 10.8. The molecule has 3 N–H and O–H groups in total. The quantitative estimate of drug-likeness (QED) is 0.665. The van der Waals surface area contributed by atoms with Gasteiger partial charge in [-0.15, -0.1) is 0 Å². The maximum absolute atomic E-state index is 12.3. The highest BCUT2D eigenvalue weighted by atomic mass is 32.2. The summed E-state index contributed by atoms with van der Waals surface area (Å²) >= 11 is 0. The number of hydrogen-bond donors (Lipinski definition) is 3. The average Bonchev–Trinajstić information content (AvgIpc) is 2.55. The van der Waals surface area contributed by atoms with Gasteiger partial charge in [-0.25, -0.2) is 13.2 Å². The number of rotatable bonds is 7. The van der Waals surface area contributed by atoms with Gasteiger partial charge in [-0.3, -0.25) is 9.52 Å². The molecule has 24 heavy (non-hydrogen) atoms. The van der Waals surface area contributed by atoms with Crippen molar-refractivity contribution in [3.05, 3.63) is 60.2 Å². The van der Waals surface area contributed by atoms with Crippen LogP contribution in [0.4, 0.5) is 10.5 Å². The molecule has 126 valence electrons. The van der Waals surface area contributed by atoms with Crippen molar-refractivity contribution in [1.82, 2.24) is 5.32 Å². The molecule has 0 unspecified atom stereocenters. The molecular weight excluding hydrogens is 332 g/mol. The van der Waals surface area contributed by atoms with Gasteiger partial charge in [-0.1, -0.05) is 30.3 Å². The van der Waals surface area contributed by atoms with E-state index in [0.29, 0.717) is 5.56 Å². The van der Waals surface area contributed by atoms with Gasteiger partial charge in [0.1, 0.15) is 0 Å². The Morgan fingerprint density at radius 1 is 1.00 bits per heavy atom. The molecule has 0 saturated heterocycles. The van der Waals surface area contributed by atoms with Gasteiger partial charge in [-0.05, 0) is 24.3 Å². The van der Waals surface area contributed by atoms with Gasteiger partial charge in [0.05, 0.1) is 4.90 Å². The zero-order chi connectivity index (χ0) is 17.6. The molecule has 0 aliphatic heterocycles. The van der Waals surface area contributed by atoms with Crippen molar-refractivity contribution in [2.45, 2.75) is 11.3 Å². The third-order valence-corrected chi connectivity index (χ3v) is 4.52. The summed E-state index contributed by atoms with van der Waals surface area (Å²) in [5.74, 6) is -0.287. The maximum Gasteiger partial charge on any atom is 0.404 e. The molecule has 0 atom stereocenters. The lowest BCUT2D eigenvalue weighted by molar-refractivity contribution is 0.0983. The molecule has 8 heteroatoms. The lowest BCUT2D eigenvalue weighted by Gasteiger charge is -2.09. The van der Waals surface area contributed by atoms with Crippen LogP contribution in [-0.2, 0) is 10.0 Å². The number of hydrogen-bond acceptors (Lipinski definition) is 4. The Kier molecular flexibility index (Phi) is 5.54. The van der Waals surface area contributed by atoms with E-state index in [1.807, 2.05) is 0 Å². The van der Waals surface area contributed by atoms with Crippen LogP contribution in [0.1, 0.15) is 16.8 Å². The van der Waals surface area contributed by atoms with E-state index in [-0.39, 0.29) is 29.3 Å². The summed E-state index contributed by atoms with van der Waals surface area (Å²) in [6, 6.07) is 13.9. The van der Waals surface area contributed by atoms with Crippen LogP contribution in [-0.4, -0.2) is 31.9 Å². The molecule has 0 bridgehead atoms. The largest absolute Gasteiger partial charge is 0.465 e. The highest BCUT2D eigenvalue weighted by Crippen LogP contribution is 2.17. The fourth-order valence-electron chi connectivity index (χ4n) is 2.00. The van der Waals surface area contributed by atoms with Crippen LogP contribution in [0, 0.1) is 0 Å². The third-order valence-electron chi connectivity index (χ3n) is 3.12. The molecule has 0 fully saturated rings. The molecule has 2 aromatic carbocycles. The van der Waals surface area contributed by atoms with Gasteiger partial charge in [-0.2, -0.15) is 0 Å². The summed E-state index contributed by atoms with van der Waals surface area (Å²) in [5.41, 5.74) is 0.561. The van der Waals surface area contributed by atoms with Gasteiger partial charge >= 0.3 is 6.09 Å². The fraction of sp³-hybridized carbons (Fsp3) is 0.125. The minimum Gasteiger partial charge on any atom is -0.465 e. The molecule has 0 spiro atoms. The van der Waals surface area contributed by atoms with Crippen LogP contribution in [0.3, 0.4) is 0 Å². The van der Waals surface area contributed by atoms with E-state index in [9.17, 15) is 18.0 Å². The van der Waals surface area contributed by atoms with Gasteiger partial charge in [0.2, 0.25) is 0 Å². The Hall–Kier alpha value is -2.87. The highest BCUT2D eigenvalue weighted by Gasteiger charge is 2.14. The summed E-state index contributed by atoms with van der Waals surface area (Å²) in [6.07, 6.45) is -1.21. The van der Waals surface area contributed by atoms with Crippen LogP contribution in [0.2, 0.25) is 0 Å². The Morgan fingerprint density at radius 2 is 1.71 bits per heavy atom. The molecule has 2 rings (SSSR count). The van der Waals surface area contributed by atoms with Gasteiger partial charge < -0.3 is 10.4 Å². The summed E-state index contributed by atoms with van der Waals surface area (Å²) in [7, 11) is -3.74. The number of benzene rings is 2. The molecule has 7 nitrogen and oxygen atoms in total. The Morgan fingerprint density at radius 3 is 2.38 bits per heavy atom.